The van der Waals surface area contributed by atoms with Gasteiger partial charge in [0.05, 0.1) is 5.69 Å². The largest absolute Gasteiger partial charge is 0.384 e. The summed E-state index contributed by atoms with van der Waals surface area (Å²) in [4.78, 5) is 15.0. The van der Waals surface area contributed by atoms with Gasteiger partial charge in [0.1, 0.15) is 6.10 Å². The highest BCUT2D eigenvalue weighted by molar-refractivity contribution is 5.93. The number of hydrogen-bond acceptors (Lipinski definition) is 2. The van der Waals surface area contributed by atoms with Gasteiger partial charge in [0, 0.05) is 16.5 Å². The van der Waals surface area contributed by atoms with Crippen molar-refractivity contribution < 1.29 is 5.11 Å². The highest BCUT2D eigenvalue weighted by Crippen LogP contribution is 2.44. The van der Waals surface area contributed by atoms with Crippen LogP contribution in [0.2, 0.25) is 0 Å². The van der Waals surface area contributed by atoms with Gasteiger partial charge in [0.2, 0.25) is 0 Å². The Morgan fingerprint density at radius 3 is 2.47 bits per heavy atom. The third-order valence-electron chi connectivity index (χ3n) is 3.77. The first-order chi connectivity index (χ1) is 9.27. The Kier molecular flexibility index (Phi) is 1.97. The van der Waals surface area contributed by atoms with Gasteiger partial charge >= 0.3 is 0 Å². The molecule has 1 aromatic heterocycles. The average Bonchev–Trinajstić information content (AvgIpc) is 2.73. The predicted molar refractivity (Wildman–Crippen MR) is 74.1 cm³/mol. The first kappa shape index (κ1) is 10.5. The van der Waals surface area contributed by atoms with Gasteiger partial charge in [-0.25, -0.2) is 0 Å². The molecule has 3 aromatic rings. The zero-order valence-electron chi connectivity index (χ0n) is 10.1. The molecule has 2 aromatic carbocycles. The Bertz CT molecular complexity index is 864. The van der Waals surface area contributed by atoms with Crippen LogP contribution >= 0.6 is 0 Å². The van der Waals surface area contributed by atoms with E-state index in [-0.39, 0.29) is 5.56 Å². The molecule has 0 aliphatic heterocycles. The van der Waals surface area contributed by atoms with Crippen LogP contribution in [0.25, 0.3) is 22.0 Å². The molecule has 1 aliphatic carbocycles. The van der Waals surface area contributed by atoms with E-state index in [0.717, 1.165) is 27.8 Å². The number of aromatic nitrogens is 1. The summed E-state index contributed by atoms with van der Waals surface area (Å²) in [6.07, 6.45) is -0.673. The number of aromatic amines is 1. The quantitative estimate of drug-likeness (QED) is 0.643. The van der Waals surface area contributed by atoms with E-state index < -0.39 is 6.10 Å². The Labute approximate surface area is 109 Å². The molecule has 1 atom stereocenters. The van der Waals surface area contributed by atoms with E-state index in [9.17, 15) is 9.90 Å². The molecule has 0 spiro atoms. The molecule has 0 saturated carbocycles. The minimum atomic E-state index is -0.673. The molecule has 0 fully saturated rings. The Hall–Kier alpha value is -2.39. The summed E-state index contributed by atoms with van der Waals surface area (Å²) >= 11 is 0. The standard InChI is InChI=1S/C16H11NO2/c18-15-11-7-3-2-6-10(11)14-13(15)9-5-1-4-8-12(9)16(19)17-14/h1-8,15,18H,(H,17,19). The lowest BCUT2D eigenvalue weighted by molar-refractivity contribution is 0.226. The van der Waals surface area contributed by atoms with Crippen LogP contribution in [0, 0.1) is 0 Å². The average molecular weight is 249 g/mol. The number of rotatable bonds is 0. The zero-order valence-corrected chi connectivity index (χ0v) is 10.1. The van der Waals surface area contributed by atoms with Gasteiger partial charge in [-0.3, -0.25) is 4.79 Å². The maximum atomic E-state index is 12.1. The van der Waals surface area contributed by atoms with Crippen molar-refractivity contribution in [2.24, 2.45) is 0 Å². The van der Waals surface area contributed by atoms with Crippen LogP contribution in [0.15, 0.2) is 53.3 Å². The fourth-order valence-electron chi connectivity index (χ4n) is 2.91. The van der Waals surface area contributed by atoms with Crippen LogP contribution in [0.5, 0.6) is 0 Å². The molecule has 1 unspecified atom stereocenters. The SMILES string of the molecule is O=c1[nH]c2c(c3ccccc13)C(O)c1ccccc1-2. The Morgan fingerprint density at radius 2 is 1.63 bits per heavy atom. The number of benzene rings is 2. The van der Waals surface area contributed by atoms with Crippen LogP contribution in [0.3, 0.4) is 0 Å². The van der Waals surface area contributed by atoms with E-state index in [0.29, 0.717) is 5.39 Å². The van der Waals surface area contributed by atoms with Crippen molar-refractivity contribution in [1.82, 2.24) is 4.98 Å². The van der Waals surface area contributed by atoms with Gasteiger partial charge in [-0.2, -0.15) is 0 Å². The van der Waals surface area contributed by atoms with E-state index in [2.05, 4.69) is 4.98 Å². The third kappa shape index (κ3) is 1.28. The van der Waals surface area contributed by atoms with E-state index in [1.54, 1.807) is 6.07 Å². The first-order valence-electron chi connectivity index (χ1n) is 6.19. The second-order valence-corrected chi connectivity index (χ2v) is 4.78. The van der Waals surface area contributed by atoms with Crippen LogP contribution in [-0.4, -0.2) is 10.1 Å². The van der Waals surface area contributed by atoms with Gasteiger partial charge in [0.25, 0.3) is 5.56 Å². The summed E-state index contributed by atoms with van der Waals surface area (Å²) in [6.45, 7) is 0. The molecule has 3 nitrogen and oxygen atoms in total. The summed E-state index contributed by atoms with van der Waals surface area (Å²) < 4.78 is 0. The van der Waals surface area contributed by atoms with Crippen molar-refractivity contribution >= 4 is 10.8 Å². The second kappa shape index (κ2) is 3.56. The fourth-order valence-corrected chi connectivity index (χ4v) is 2.91. The molecule has 1 aliphatic rings. The van der Waals surface area contributed by atoms with Gasteiger partial charge in [0.15, 0.2) is 0 Å². The summed E-state index contributed by atoms with van der Waals surface area (Å²) in [5.41, 5.74) is 3.19. The molecule has 4 rings (SSSR count). The lowest BCUT2D eigenvalue weighted by Crippen LogP contribution is -2.09. The number of pyridine rings is 1. The second-order valence-electron chi connectivity index (χ2n) is 4.78. The highest BCUT2D eigenvalue weighted by atomic mass is 16.3. The fraction of sp³-hybridized carbons (Fsp3) is 0.0625. The maximum Gasteiger partial charge on any atom is 0.256 e. The summed E-state index contributed by atoms with van der Waals surface area (Å²) in [6, 6.07) is 15.0. The smallest absolute Gasteiger partial charge is 0.256 e. The molecule has 0 bridgehead atoms. The maximum absolute atomic E-state index is 12.1. The lowest BCUT2D eigenvalue weighted by Gasteiger charge is -2.08. The molecular weight excluding hydrogens is 238 g/mol. The molecule has 0 radical (unpaired) electrons. The minimum Gasteiger partial charge on any atom is -0.384 e. The van der Waals surface area contributed by atoms with Crippen molar-refractivity contribution in [2.75, 3.05) is 0 Å². The molecule has 2 N–H and O–H groups in total. The van der Waals surface area contributed by atoms with Gasteiger partial charge in [-0.15, -0.1) is 0 Å². The lowest BCUT2D eigenvalue weighted by atomic mass is 10.0. The van der Waals surface area contributed by atoms with Crippen LogP contribution < -0.4 is 5.56 Å². The van der Waals surface area contributed by atoms with Crippen molar-refractivity contribution in [3.05, 3.63) is 70.0 Å². The number of aliphatic hydroxyl groups excluding tert-OH is 1. The monoisotopic (exact) mass is 249 g/mol. The highest BCUT2D eigenvalue weighted by Gasteiger charge is 2.29. The van der Waals surface area contributed by atoms with Crippen molar-refractivity contribution in [2.45, 2.75) is 6.10 Å². The normalized spacial score (nSPS) is 16.4. The molecular formula is C16H11NO2. The first-order valence-corrected chi connectivity index (χ1v) is 6.19. The van der Waals surface area contributed by atoms with Crippen molar-refractivity contribution in [3.63, 3.8) is 0 Å². The van der Waals surface area contributed by atoms with E-state index >= 15 is 0 Å². The minimum absolute atomic E-state index is 0.113. The predicted octanol–water partition coefficient (Wildman–Crippen LogP) is 2.59. The molecule has 1 heterocycles. The van der Waals surface area contributed by atoms with E-state index in [1.807, 2.05) is 42.5 Å². The van der Waals surface area contributed by atoms with Crippen LogP contribution in [0.1, 0.15) is 17.2 Å². The summed E-state index contributed by atoms with van der Waals surface area (Å²) in [5.74, 6) is 0. The Balaban J connectivity index is 2.22. The number of hydrogen-bond donors (Lipinski definition) is 2. The molecule has 92 valence electrons. The Morgan fingerprint density at radius 1 is 0.947 bits per heavy atom. The van der Waals surface area contributed by atoms with Crippen LogP contribution in [-0.2, 0) is 0 Å². The van der Waals surface area contributed by atoms with E-state index in [1.165, 1.54) is 0 Å². The topological polar surface area (TPSA) is 53.1 Å². The van der Waals surface area contributed by atoms with Gasteiger partial charge in [-0.1, -0.05) is 42.5 Å². The number of H-pyrrole nitrogens is 1. The summed E-state index contributed by atoms with van der Waals surface area (Å²) in [7, 11) is 0. The third-order valence-corrected chi connectivity index (χ3v) is 3.77. The van der Waals surface area contributed by atoms with Gasteiger partial charge in [-0.05, 0) is 17.0 Å². The molecule has 3 heteroatoms. The number of nitrogens with one attached hydrogen (secondary N) is 1. The molecule has 0 saturated heterocycles. The van der Waals surface area contributed by atoms with Crippen LogP contribution in [0.4, 0.5) is 0 Å². The number of aliphatic hydroxyl groups is 1. The van der Waals surface area contributed by atoms with Crippen molar-refractivity contribution in [1.29, 1.82) is 0 Å². The molecule has 19 heavy (non-hydrogen) atoms. The molecule has 0 amide bonds. The van der Waals surface area contributed by atoms with E-state index in [4.69, 9.17) is 0 Å². The van der Waals surface area contributed by atoms with Gasteiger partial charge < -0.3 is 10.1 Å². The van der Waals surface area contributed by atoms with Crippen molar-refractivity contribution in [3.8, 4) is 11.3 Å². The summed E-state index contributed by atoms with van der Waals surface area (Å²) in [5, 5.41) is 11.9. The number of fused-ring (bicyclic) bond motifs is 5. The zero-order chi connectivity index (χ0) is 13.0.